The highest BCUT2D eigenvalue weighted by Crippen LogP contribution is 2.33. The minimum atomic E-state index is -3.85. The number of primary sulfonamides is 1. The number of sulfonamides is 1. The monoisotopic (exact) mass is 468 g/mol. The standard InChI is InChI=1S/C18H20N4O5S3/c1-11-9-13(5-6-20-11)12-3-4-14-15(10-12)28-18(22-14)16(29(2,24)25)17(23)21-7-8-30(19,26)27/h3-6,9-10,16H,7-8H2,1-2H3,(H,21,23)(H2,19,26,27). The predicted octanol–water partition coefficient (Wildman–Crippen LogP) is 1.16. The molecule has 1 aromatic carbocycles. The number of hydrogen-bond acceptors (Lipinski definition) is 8. The molecule has 3 N–H and O–H groups in total. The Morgan fingerprint density at radius 3 is 2.50 bits per heavy atom. The van der Waals surface area contributed by atoms with E-state index >= 15 is 0 Å². The van der Waals surface area contributed by atoms with E-state index in [9.17, 15) is 21.6 Å². The number of sulfone groups is 1. The number of aromatic nitrogens is 2. The quantitative estimate of drug-likeness (QED) is 0.528. The second kappa shape index (κ2) is 8.38. The topological polar surface area (TPSA) is 149 Å². The fourth-order valence-corrected chi connectivity index (χ4v) is 5.79. The van der Waals surface area contributed by atoms with Crippen LogP contribution in [0.25, 0.3) is 21.3 Å². The Hall–Kier alpha value is -2.41. The fourth-order valence-electron chi connectivity index (χ4n) is 2.86. The molecule has 0 fully saturated rings. The van der Waals surface area contributed by atoms with E-state index in [-0.39, 0.29) is 11.6 Å². The zero-order valence-electron chi connectivity index (χ0n) is 16.2. The molecule has 30 heavy (non-hydrogen) atoms. The maximum absolute atomic E-state index is 12.5. The Labute approximate surface area is 178 Å². The highest BCUT2D eigenvalue weighted by molar-refractivity contribution is 7.91. The lowest BCUT2D eigenvalue weighted by molar-refractivity contribution is -0.120. The second-order valence-corrected chi connectivity index (χ2v) is 11.7. The van der Waals surface area contributed by atoms with E-state index in [0.29, 0.717) is 5.52 Å². The molecule has 3 aromatic rings. The van der Waals surface area contributed by atoms with Gasteiger partial charge in [-0.15, -0.1) is 11.3 Å². The molecule has 0 saturated carbocycles. The van der Waals surface area contributed by atoms with E-state index in [1.54, 1.807) is 12.3 Å². The van der Waals surface area contributed by atoms with Gasteiger partial charge in [-0.25, -0.2) is 27.0 Å². The number of carbonyl (C=O) groups is 1. The zero-order chi connectivity index (χ0) is 22.1. The average Bonchev–Trinajstić information content (AvgIpc) is 3.01. The van der Waals surface area contributed by atoms with Gasteiger partial charge in [-0.1, -0.05) is 6.07 Å². The van der Waals surface area contributed by atoms with Gasteiger partial charge in [-0.05, 0) is 42.3 Å². The van der Waals surface area contributed by atoms with Crippen LogP contribution in [0.2, 0.25) is 0 Å². The SMILES string of the molecule is Cc1cc(-c2ccc3nc(C(C(=O)NCCS(N)(=O)=O)S(C)(=O)=O)sc3c2)ccn1. The summed E-state index contributed by atoms with van der Waals surface area (Å²) in [6, 6.07) is 9.31. The van der Waals surface area contributed by atoms with Crippen molar-refractivity contribution in [3.63, 3.8) is 0 Å². The first-order valence-corrected chi connectivity index (χ1v) is 13.2. The van der Waals surface area contributed by atoms with Gasteiger partial charge in [-0.3, -0.25) is 9.78 Å². The fraction of sp³-hybridized carbons (Fsp3) is 0.278. The number of thiazole rings is 1. The smallest absolute Gasteiger partial charge is 0.245 e. The summed E-state index contributed by atoms with van der Waals surface area (Å²) in [6.45, 7) is 1.60. The molecule has 0 saturated heterocycles. The van der Waals surface area contributed by atoms with Crippen LogP contribution >= 0.6 is 11.3 Å². The third kappa shape index (κ3) is 5.39. The van der Waals surface area contributed by atoms with Gasteiger partial charge < -0.3 is 5.32 Å². The molecule has 1 unspecified atom stereocenters. The number of fused-ring (bicyclic) bond motifs is 1. The first-order valence-electron chi connectivity index (χ1n) is 8.74. The molecule has 1 amide bonds. The van der Waals surface area contributed by atoms with Gasteiger partial charge in [0.1, 0.15) is 5.01 Å². The molecule has 0 aliphatic rings. The average molecular weight is 469 g/mol. The zero-order valence-corrected chi connectivity index (χ0v) is 18.6. The third-order valence-corrected chi connectivity index (χ3v) is 7.51. The van der Waals surface area contributed by atoms with E-state index in [1.807, 2.05) is 31.2 Å². The number of benzene rings is 1. The molecule has 0 aliphatic carbocycles. The number of hydrogen-bond donors (Lipinski definition) is 2. The second-order valence-electron chi connectivity index (χ2n) is 6.79. The van der Waals surface area contributed by atoms with E-state index < -0.39 is 36.8 Å². The lowest BCUT2D eigenvalue weighted by Crippen LogP contribution is -2.37. The molecular formula is C18H20N4O5S3. The molecule has 0 bridgehead atoms. The van der Waals surface area contributed by atoms with Crippen molar-refractivity contribution in [3.05, 3.63) is 47.2 Å². The Bertz CT molecular complexity index is 1320. The molecule has 1 atom stereocenters. The number of nitrogens with zero attached hydrogens (tertiary/aromatic N) is 2. The molecule has 2 heterocycles. The van der Waals surface area contributed by atoms with Crippen LogP contribution in [0.3, 0.4) is 0 Å². The van der Waals surface area contributed by atoms with E-state index in [0.717, 1.165) is 39.1 Å². The van der Waals surface area contributed by atoms with Crippen LogP contribution in [0.4, 0.5) is 0 Å². The number of rotatable bonds is 7. The van der Waals surface area contributed by atoms with Gasteiger partial charge in [0.15, 0.2) is 15.1 Å². The molecule has 160 valence electrons. The number of amides is 1. The van der Waals surface area contributed by atoms with Crippen LogP contribution in [-0.2, 0) is 24.7 Å². The van der Waals surface area contributed by atoms with Crippen LogP contribution in [0.1, 0.15) is 16.0 Å². The Morgan fingerprint density at radius 2 is 1.87 bits per heavy atom. The van der Waals surface area contributed by atoms with Crippen molar-refractivity contribution in [2.75, 3.05) is 18.6 Å². The Morgan fingerprint density at radius 1 is 1.17 bits per heavy atom. The first kappa shape index (κ1) is 22.3. The highest BCUT2D eigenvalue weighted by atomic mass is 32.2. The number of carbonyl (C=O) groups excluding carboxylic acids is 1. The summed E-state index contributed by atoms with van der Waals surface area (Å²) in [6.07, 6.45) is 2.65. The van der Waals surface area contributed by atoms with Crippen molar-refractivity contribution in [3.8, 4) is 11.1 Å². The first-order chi connectivity index (χ1) is 13.9. The van der Waals surface area contributed by atoms with Crippen LogP contribution in [0.5, 0.6) is 0 Å². The number of nitrogens with two attached hydrogens (primary N) is 1. The van der Waals surface area contributed by atoms with Crippen LogP contribution < -0.4 is 10.5 Å². The molecular weight excluding hydrogens is 448 g/mol. The summed E-state index contributed by atoms with van der Waals surface area (Å²) in [5, 5.41) is 5.79. The summed E-state index contributed by atoms with van der Waals surface area (Å²) in [5.41, 5.74) is 3.30. The summed E-state index contributed by atoms with van der Waals surface area (Å²) < 4.78 is 47.4. The van der Waals surface area contributed by atoms with E-state index in [4.69, 9.17) is 5.14 Å². The molecule has 0 spiro atoms. The van der Waals surface area contributed by atoms with Gasteiger partial charge in [0.2, 0.25) is 15.9 Å². The molecule has 0 aliphatic heterocycles. The van der Waals surface area contributed by atoms with Gasteiger partial charge in [0.25, 0.3) is 0 Å². The molecule has 2 aromatic heterocycles. The van der Waals surface area contributed by atoms with Crippen molar-refractivity contribution in [1.29, 1.82) is 0 Å². The van der Waals surface area contributed by atoms with Crippen LogP contribution in [-0.4, -0.2) is 51.3 Å². The van der Waals surface area contributed by atoms with Crippen LogP contribution in [0, 0.1) is 6.92 Å². The Kier molecular flexibility index (Phi) is 6.22. The van der Waals surface area contributed by atoms with Gasteiger partial charge in [0.05, 0.1) is 16.0 Å². The van der Waals surface area contributed by atoms with Gasteiger partial charge in [0, 0.05) is 24.7 Å². The predicted molar refractivity (Wildman–Crippen MR) is 116 cm³/mol. The van der Waals surface area contributed by atoms with Crippen molar-refractivity contribution >= 4 is 47.3 Å². The van der Waals surface area contributed by atoms with Crippen molar-refractivity contribution < 1.29 is 21.6 Å². The lowest BCUT2D eigenvalue weighted by atomic mass is 10.1. The molecule has 3 rings (SSSR count). The van der Waals surface area contributed by atoms with E-state index in [1.165, 1.54) is 0 Å². The molecule has 9 nitrogen and oxygen atoms in total. The third-order valence-electron chi connectivity index (χ3n) is 4.21. The number of aryl methyl sites for hydroxylation is 1. The summed E-state index contributed by atoms with van der Waals surface area (Å²) in [5.74, 6) is -1.34. The van der Waals surface area contributed by atoms with Crippen molar-refractivity contribution in [2.24, 2.45) is 5.14 Å². The van der Waals surface area contributed by atoms with Gasteiger partial charge in [-0.2, -0.15) is 0 Å². The van der Waals surface area contributed by atoms with E-state index in [2.05, 4.69) is 15.3 Å². The van der Waals surface area contributed by atoms with Crippen molar-refractivity contribution in [1.82, 2.24) is 15.3 Å². The normalized spacial score (nSPS) is 13.3. The Balaban J connectivity index is 1.94. The number of nitrogens with one attached hydrogen (secondary N) is 1. The van der Waals surface area contributed by atoms with Crippen LogP contribution in [0.15, 0.2) is 36.5 Å². The minimum absolute atomic E-state index is 0.115. The molecule has 0 radical (unpaired) electrons. The maximum atomic E-state index is 12.5. The lowest BCUT2D eigenvalue weighted by Gasteiger charge is -2.12. The summed E-state index contributed by atoms with van der Waals surface area (Å²) in [7, 11) is -7.63. The van der Waals surface area contributed by atoms with Gasteiger partial charge >= 0.3 is 0 Å². The minimum Gasteiger partial charge on any atom is -0.354 e. The highest BCUT2D eigenvalue weighted by Gasteiger charge is 2.33. The number of pyridine rings is 1. The molecule has 12 heteroatoms. The van der Waals surface area contributed by atoms with Crippen molar-refractivity contribution in [2.45, 2.75) is 12.2 Å². The largest absolute Gasteiger partial charge is 0.354 e. The summed E-state index contributed by atoms with van der Waals surface area (Å²) >= 11 is 1.10. The maximum Gasteiger partial charge on any atom is 0.245 e. The summed E-state index contributed by atoms with van der Waals surface area (Å²) in [4.78, 5) is 21.0.